The summed E-state index contributed by atoms with van der Waals surface area (Å²) in [6.07, 6.45) is 0.0898. The van der Waals surface area contributed by atoms with Gasteiger partial charge in [-0.25, -0.2) is 13.2 Å². The average Bonchev–Trinajstić information content (AvgIpc) is 2.94. The molecule has 0 rings (SSSR count). The van der Waals surface area contributed by atoms with Crippen LogP contribution in [0.25, 0.3) is 0 Å². The highest BCUT2D eigenvalue weighted by molar-refractivity contribution is 7.79. The van der Waals surface area contributed by atoms with Gasteiger partial charge in [0.15, 0.2) is 5.83 Å². The minimum atomic E-state index is -6.14. The number of carbonyl (C=O) groups is 1. The summed E-state index contributed by atoms with van der Waals surface area (Å²) in [6, 6.07) is -5.51. The van der Waals surface area contributed by atoms with E-state index in [2.05, 4.69) is 25.5 Å². The number of hydrogen-bond donors (Lipinski definition) is 0. The molecule has 0 atom stereocenters. The molecule has 0 aromatic heterocycles. The second-order valence-corrected chi connectivity index (χ2v) is 12.6. The van der Waals surface area contributed by atoms with Gasteiger partial charge in [0, 0.05) is 0 Å². The first-order valence-corrected chi connectivity index (χ1v) is 15.5. The number of rotatable bonds is 12. The molecule has 0 aliphatic heterocycles. The van der Waals surface area contributed by atoms with Crippen molar-refractivity contribution in [3.63, 3.8) is 0 Å². The SMILES string of the molecule is CCCC[P+](CCCC)(CCCC)/C(F)=C(/C)F.COC(F)=C(F)F.F/C=C/F.F[B-](F)(F)F.F[B-](F)(F)F.O=C(F)C(F)(F)C(F)(F)F. The molecule has 0 aliphatic carbocycles. The van der Waals surface area contributed by atoms with Crippen LogP contribution in [0.1, 0.15) is 66.2 Å². The predicted octanol–water partition coefficient (Wildman–Crippen LogP) is 13.9. The van der Waals surface area contributed by atoms with E-state index in [9.17, 15) is 91.6 Å². The Balaban J connectivity index is -0.000000126. The van der Waals surface area contributed by atoms with Gasteiger partial charge in [0.2, 0.25) is 0 Å². The zero-order valence-corrected chi connectivity index (χ0v) is 27.3. The van der Waals surface area contributed by atoms with Crippen molar-refractivity contribution in [2.75, 3.05) is 25.6 Å². The molecule has 0 bridgehead atoms. The van der Waals surface area contributed by atoms with E-state index in [4.69, 9.17) is 4.79 Å². The van der Waals surface area contributed by atoms with Crippen molar-refractivity contribution in [2.24, 2.45) is 0 Å². The molecule has 0 fully saturated rings. The summed E-state index contributed by atoms with van der Waals surface area (Å²) < 4.78 is 228. The summed E-state index contributed by atoms with van der Waals surface area (Å²) in [4.78, 5) is 8.98. The van der Waals surface area contributed by atoms with E-state index in [1.165, 1.54) is 6.92 Å². The Morgan fingerprint density at radius 2 is 0.918 bits per heavy atom. The predicted molar refractivity (Wildman–Crippen MR) is 147 cm³/mol. The monoisotopic (exact) mass is 795 g/mol. The first kappa shape index (κ1) is 59.0. The highest BCUT2D eigenvalue weighted by Crippen LogP contribution is 2.68. The van der Waals surface area contributed by atoms with Gasteiger partial charge in [0.25, 0.3) is 5.57 Å². The minimum Gasteiger partial charge on any atom is -0.470 e. The first-order valence-electron chi connectivity index (χ1n) is 13.2. The van der Waals surface area contributed by atoms with E-state index >= 15 is 0 Å². The van der Waals surface area contributed by atoms with Gasteiger partial charge < -0.3 is 39.3 Å². The van der Waals surface area contributed by atoms with Crippen molar-refractivity contribution >= 4 is 27.8 Å². The van der Waals surface area contributed by atoms with Gasteiger partial charge in [-0.2, -0.15) is 43.9 Å². The normalized spacial score (nSPS) is 12.1. The molecule has 0 heterocycles. The minimum absolute atomic E-state index is 0.167. The van der Waals surface area contributed by atoms with Crippen molar-refractivity contribution in [3.8, 4) is 0 Å². The second kappa shape index (κ2) is 30.6. The van der Waals surface area contributed by atoms with Crippen molar-refractivity contribution in [3.05, 3.63) is 36.1 Å². The molecule has 26 heteroatoms. The molecule has 0 N–H and O–H groups in total. The topological polar surface area (TPSA) is 26.3 Å². The van der Waals surface area contributed by atoms with Crippen LogP contribution >= 0.6 is 7.26 Å². The quantitative estimate of drug-likeness (QED) is 0.0647. The molecule has 0 spiro atoms. The summed E-state index contributed by atoms with van der Waals surface area (Å²) in [5, 5.41) is 0. The summed E-state index contributed by atoms with van der Waals surface area (Å²) in [5.41, 5.74) is -0.363. The smallest absolute Gasteiger partial charge is 0.470 e. The van der Waals surface area contributed by atoms with E-state index in [0.717, 1.165) is 64.1 Å². The molecule has 0 aromatic carbocycles. The van der Waals surface area contributed by atoms with Crippen molar-refractivity contribution in [2.45, 2.75) is 78.3 Å². The van der Waals surface area contributed by atoms with Gasteiger partial charge in [0.1, 0.15) is 12.7 Å². The third kappa shape index (κ3) is 43.8. The molecular weight excluding hydrogens is 760 g/mol. The molecule has 0 unspecified atom stereocenters. The Hall–Kier alpha value is -2.22. The Morgan fingerprint density at radius 3 is 1.00 bits per heavy atom. The van der Waals surface area contributed by atoms with Crippen LogP contribution in [0.3, 0.4) is 0 Å². The van der Waals surface area contributed by atoms with Crippen molar-refractivity contribution < 1.29 is 101 Å². The number of methoxy groups -OCH3 is 1. The molecule has 0 amide bonds. The second-order valence-electron chi connectivity index (χ2n) is 8.53. The van der Waals surface area contributed by atoms with Crippen LogP contribution in [0, 0.1) is 0 Å². The molecular formula is C23H35B2F21O2P-. The Kier molecular flexibility index (Phi) is 36.8. The standard InChI is InChI=1S/C15H30F2P.C3F6O.C3H3F3O.C2H2F2.2BF4/c1-5-8-11-18(12-9-6-2,13-10-7-3)15(17)14(4)16;4-1(10)2(5,6)3(7,8)9;1-7-3(6)2(4)5;3-1-2-4;2*2-1(3,4)5/h5-13H2,1-4H3;;1H3;1-2H;;/q+1;;;;2*-1/b15-14-;;;2-1+;;. The van der Waals surface area contributed by atoms with Gasteiger partial charge in [0.05, 0.1) is 32.9 Å². The fourth-order valence-corrected chi connectivity index (χ4v) is 7.21. The zero-order chi connectivity index (χ0) is 40.9. The van der Waals surface area contributed by atoms with Gasteiger partial charge in [-0.05, 0) is 26.2 Å². The summed E-state index contributed by atoms with van der Waals surface area (Å²) in [5.74, 6) is -6.43. The third-order valence-electron chi connectivity index (χ3n) is 4.50. The van der Waals surface area contributed by atoms with Crippen LogP contribution in [0.2, 0.25) is 0 Å². The zero-order valence-electron chi connectivity index (χ0n) is 26.4. The number of hydrogen-bond acceptors (Lipinski definition) is 2. The lowest BCUT2D eigenvalue weighted by Gasteiger charge is -2.25. The molecule has 0 aliphatic rings. The van der Waals surface area contributed by atoms with Crippen LogP contribution in [0.5, 0.6) is 0 Å². The van der Waals surface area contributed by atoms with Gasteiger partial charge in [-0.3, -0.25) is 4.79 Å². The highest BCUT2D eigenvalue weighted by atomic mass is 31.2. The van der Waals surface area contributed by atoms with Crippen LogP contribution < -0.4 is 0 Å². The van der Waals surface area contributed by atoms with Gasteiger partial charge in [-0.1, -0.05) is 40.0 Å². The molecule has 0 saturated heterocycles. The van der Waals surface area contributed by atoms with Crippen molar-refractivity contribution in [1.29, 1.82) is 0 Å². The molecule has 298 valence electrons. The Bertz CT molecular complexity index is 862. The molecule has 0 radical (unpaired) electrons. The van der Waals surface area contributed by atoms with E-state index in [1.54, 1.807) is 0 Å². The summed E-state index contributed by atoms with van der Waals surface area (Å²) in [6.45, 7) is 7.66. The van der Waals surface area contributed by atoms with E-state index in [-0.39, 0.29) is 18.2 Å². The van der Waals surface area contributed by atoms with E-state index in [0.29, 0.717) is 0 Å². The maximum atomic E-state index is 14.4. The fraction of sp³-hybridized carbons (Fsp3) is 0.696. The number of unbranched alkanes of at least 4 members (excludes halogenated alkanes) is 3. The van der Waals surface area contributed by atoms with Crippen LogP contribution in [-0.4, -0.2) is 58.2 Å². The maximum absolute atomic E-state index is 14.4. The largest absolute Gasteiger partial charge is 0.673 e. The Morgan fingerprint density at radius 1 is 0.653 bits per heavy atom. The van der Waals surface area contributed by atoms with Gasteiger partial charge in [-0.15, -0.1) is 0 Å². The molecule has 2 nitrogen and oxygen atoms in total. The average molecular weight is 795 g/mol. The van der Waals surface area contributed by atoms with E-state index in [1.807, 2.05) is 0 Å². The van der Waals surface area contributed by atoms with Crippen LogP contribution in [-0.2, 0) is 9.53 Å². The number of allylic oxidation sites excluding steroid dienone is 1. The van der Waals surface area contributed by atoms with Gasteiger partial charge >= 0.3 is 44.7 Å². The molecule has 0 saturated carbocycles. The number of alkyl halides is 5. The maximum Gasteiger partial charge on any atom is 0.673 e. The lowest BCUT2D eigenvalue weighted by atomic mass is 10.3. The summed E-state index contributed by atoms with van der Waals surface area (Å²) in [7, 11) is -13.0. The summed E-state index contributed by atoms with van der Waals surface area (Å²) >= 11 is 0. The highest BCUT2D eigenvalue weighted by Gasteiger charge is 2.64. The molecule has 0 aromatic rings. The van der Waals surface area contributed by atoms with Crippen molar-refractivity contribution in [1.82, 2.24) is 0 Å². The lowest BCUT2D eigenvalue weighted by molar-refractivity contribution is -0.274. The first-order chi connectivity index (χ1) is 21.8. The van der Waals surface area contributed by atoms with Crippen LogP contribution in [0.15, 0.2) is 36.1 Å². The number of ether oxygens (including phenoxy) is 1. The number of halogens is 21. The number of carbonyl (C=O) groups excluding carboxylic acids is 1. The molecule has 49 heavy (non-hydrogen) atoms. The van der Waals surface area contributed by atoms with E-state index < -0.39 is 57.8 Å². The lowest BCUT2D eigenvalue weighted by Crippen LogP contribution is -2.41. The fourth-order valence-electron chi connectivity index (χ4n) is 2.53. The Labute approximate surface area is 269 Å². The third-order valence-corrected chi connectivity index (χ3v) is 9.16. The van der Waals surface area contributed by atoms with Crippen LogP contribution in [0.4, 0.5) is 91.6 Å².